The van der Waals surface area contributed by atoms with Crippen LogP contribution in [-0.4, -0.2) is 48.8 Å². The zero-order valence-corrected chi connectivity index (χ0v) is 25.0. The first-order valence-corrected chi connectivity index (χ1v) is 15.6. The van der Waals surface area contributed by atoms with Crippen molar-refractivity contribution in [1.82, 2.24) is 20.2 Å². The quantitative estimate of drug-likeness (QED) is 0.340. The van der Waals surface area contributed by atoms with E-state index in [-0.39, 0.29) is 44.7 Å². The van der Waals surface area contributed by atoms with E-state index < -0.39 is 61.7 Å². The number of alkyl halides is 3. The molecule has 0 bridgehead atoms. The number of aromatic amines is 1. The smallest absolute Gasteiger partial charge is 0.353 e. The molecule has 3 aromatic rings. The predicted octanol–water partition coefficient (Wildman–Crippen LogP) is 3.90. The minimum atomic E-state index is -4.93. The van der Waals surface area contributed by atoms with E-state index in [2.05, 4.69) is 15.6 Å². The highest BCUT2D eigenvalue weighted by Crippen LogP contribution is 2.39. The number of hydrogen-bond donors (Lipinski definition) is 3. The number of aromatic nitrogens is 2. The van der Waals surface area contributed by atoms with E-state index in [0.717, 1.165) is 13.0 Å². The van der Waals surface area contributed by atoms with Crippen LogP contribution in [-0.2, 0) is 33.8 Å². The second kappa shape index (κ2) is 12.4. The molecular weight excluding hydrogens is 620 g/mol. The molecule has 2 aromatic carbocycles. The molecule has 2 heterocycles. The molecule has 3 N–H and O–H groups in total. The lowest BCUT2D eigenvalue weighted by molar-refractivity contribution is -0.138. The Kier molecular flexibility index (Phi) is 9.46. The summed E-state index contributed by atoms with van der Waals surface area (Å²) in [6, 6.07) is 3.81. The first-order valence-electron chi connectivity index (χ1n) is 13.2. The van der Waals surface area contributed by atoms with Gasteiger partial charge in [0.05, 0.1) is 38.7 Å². The SMILES string of the molecule is CCS(=O)(=O)c1ccc(Cl)cc1Cn1c(=O)[nH]c2c(Cl)c(C[C@H](NC(C)=O)C3CCCNC3)c(C(F)(F)F)cc2c1=O. The van der Waals surface area contributed by atoms with Gasteiger partial charge >= 0.3 is 11.9 Å². The van der Waals surface area contributed by atoms with Crippen molar-refractivity contribution < 1.29 is 26.4 Å². The molecular formula is C27H29Cl2F3N4O5S. The third kappa shape index (κ3) is 6.69. The standard InChI is InChI=1S/C27H29Cl2F3N4O5S/c1-3-42(40,41)22-7-6-17(28)9-16(22)13-36-25(38)19-10-20(27(30,31)32)18(23(29)24(19)35-26(36)39)11-21(34-14(2)37)15-5-4-8-33-12-15/h6-7,9-10,15,21,33H,3-5,8,11-13H2,1-2H3,(H,34,37)(H,35,39)/t15?,21-/m0/s1. The summed E-state index contributed by atoms with van der Waals surface area (Å²) >= 11 is 12.6. The molecule has 1 saturated heterocycles. The van der Waals surface area contributed by atoms with E-state index in [1.54, 1.807) is 0 Å². The number of H-pyrrole nitrogens is 1. The largest absolute Gasteiger partial charge is 0.416 e. The molecule has 1 unspecified atom stereocenters. The average Bonchev–Trinajstić information content (AvgIpc) is 2.91. The Hall–Kier alpha value is -2.87. The van der Waals surface area contributed by atoms with Crippen molar-refractivity contribution >= 4 is 49.8 Å². The first-order chi connectivity index (χ1) is 19.6. The van der Waals surface area contributed by atoms with Gasteiger partial charge in [0.2, 0.25) is 5.91 Å². The molecule has 1 fully saturated rings. The number of benzene rings is 2. The van der Waals surface area contributed by atoms with Crippen molar-refractivity contribution in [2.45, 2.75) is 56.8 Å². The topological polar surface area (TPSA) is 130 Å². The second-order valence-electron chi connectivity index (χ2n) is 10.2. The van der Waals surface area contributed by atoms with E-state index in [1.807, 2.05) is 0 Å². The molecule has 0 saturated carbocycles. The molecule has 2 atom stereocenters. The fourth-order valence-electron chi connectivity index (χ4n) is 5.33. The fourth-order valence-corrected chi connectivity index (χ4v) is 6.96. The molecule has 228 valence electrons. The number of piperidine rings is 1. The molecule has 0 spiro atoms. The maximum atomic E-state index is 14.4. The van der Waals surface area contributed by atoms with Gasteiger partial charge in [0, 0.05) is 18.0 Å². The van der Waals surface area contributed by atoms with Crippen LogP contribution in [0, 0.1) is 5.92 Å². The summed E-state index contributed by atoms with van der Waals surface area (Å²) in [7, 11) is -3.79. The number of amides is 1. The molecule has 42 heavy (non-hydrogen) atoms. The number of sulfone groups is 1. The van der Waals surface area contributed by atoms with Crippen molar-refractivity contribution in [3.05, 3.63) is 71.8 Å². The summed E-state index contributed by atoms with van der Waals surface area (Å²) in [4.78, 5) is 40.8. The van der Waals surface area contributed by atoms with Crippen molar-refractivity contribution in [3.8, 4) is 0 Å². The molecule has 15 heteroatoms. The lowest BCUT2D eigenvalue weighted by Gasteiger charge is -2.32. The Bertz CT molecular complexity index is 1750. The third-order valence-electron chi connectivity index (χ3n) is 7.41. The van der Waals surface area contributed by atoms with Crippen molar-refractivity contribution in [3.63, 3.8) is 0 Å². The normalized spacial score (nSPS) is 16.9. The molecule has 0 aliphatic carbocycles. The minimum Gasteiger partial charge on any atom is -0.353 e. The number of rotatable bonds is 8. The van der Waals surface area contributed by atoms with Gasteiger partial charge in [-0.15, -0.1) is 0 Å². The van der Waals surface area contributed by atoms with Gasteiger partial charge in [-0.2, -0.15) is 13.2 Å². The number of carbonyl (C=O) groups is 1. The monoisotopic (exact) mass is 648 g/mol. The van der Waals surface area contributed by atoms with Crippen LogP contribution in [0.5, 0.6) is 0 Å². The molecule has 4 rings (SSSR count). The van der Waals surface area contributed by atoms with E-state index in [0.29, 0.717) is 23.6 Å². The van der Waals surface area contributed by atoms with E-state index >= 15 is 0 Å². The molecule has 1 aliphatic rings. The second-order valence-corrected chi connectivity index (χ2v) is 13.3. The predicted molar refractivity (Wildman–Crippen MR) is 154 cm³/mol. The first kappa shape index (κ1) is 32.1. The molecule has 1 amide bonds. The molecule has 0 radical (unpaired) electrons. The van der Waals surface area contributed by atoms with Crippen LogP contribution >= 0.6 is 23.2 Å². The maximum Gasteiger partial charge on any atom is 0.416 e. The molecule has 1 aromatic heterocycles. The number of hydrogen-bond acceptors (Lipinski definition) is 6. The zero-order valence-electron chi connectivity index (χ0n) is 22.7. The number of nitrogens with one attached hydrogen (secondary N) is 3. The Morgan fingerprint density at radius 1 is 1.21 bits per heavy atom. The number of fused-ring (bicyclic) bond motifs is 1. The summed E-state index contributed by atoms with van der Waals surface area (Å²) in [5, 5.41) is 5.09. The Morgan fingerprint density at radius 2 is 1.93 bits per heavy atom. The average molecular weight is 650 g/mol. The van der Waals surface area contributed by atoms with Crippen molar-refractivity contribution in [2.24, 2.45) is 5.92 Å². The van der Waals surface area contributed by atoms with Crippen LogP contribution in [0.2, 0.25) is 10.0 Å². The highest BCUT2D eigenvalue weighted by atomic mass is 35.5. The summed E-state index contributed by atoms with van der Waals surface area (Å²) in [6.45, 7) is 3.36. The number of halogens is 5. The zero-order chi connectivity index (χ0) is 31.0. The van der Waals surface area contributed by atoms with E-state index in [1.165, 1.54) is 32.0 Å². The van der Waals surface area contributed by atoms with Gasteiger partial charge in [0.1, 0.15) is 0 Å². The van der Waals surface area contributed by atoms with Crippen LogP contribution in [0.1, 0.15) is 43.4 Å². The van der Waals surface area contributed by atoms with Crippen molar-refractivity contribution in [1.29, 1.82) is 0 Å². The minimum absolute atomic E-state index is 0.0225. The lowest BCUT2D eigenvalue weighted by atomic mass is 9.86. The van der Waals surface area contributed by atoms with Crippen LogP contribution in [0.25, 0.3) is 10.9 Å². The highest BCUT2D eigenvalue weighted by molar-refractivity contribution is 7.91. The summed E-state index contributed by atoms with van der Waals surface area (Å²) < 4.78 is 69.1. The lowest BCUT2D eigenvalue weighted by Crippen LogP contribution is -2.47. The van der Waals surface area contributed by atoms with Gasteiger partial charge in [0.25, 0.3) is 5.56 Å². The van der Waals surface area contributed by atoms with Gasteiger partial charge in [-0.1, -0.05) is 30.1 Å². The Morgan fingerprint density at radius 3 is 2.52 bits per heavy atom. The number of carbonyl (C=O) groups excluding carboxylic acids is 1. The Labute approximate surface area is 249 Å². The van der Waals surface area contributed by atoms with Crippen molar-refractivity contribution in [2.75, 3.05) is 18.8 Å². The summed E-state index contributed by atoms with van der Waals surface area (Å²) in [5.74, 6) is -0.861. The summed E-state index contributed by atoms with van der Waals surface area (Å²) in [5.41, 5.74) is -3.90. The van der Waals surface area contributed by atoms with Crippen LogP contribution in [0.3, 0.4) is 0 Å². The van der Waals surface area contributed by atoms with Gasteiger partial charge < -0.3 is 15.6 Å². The summed E-state index contributed by atoms with van der Waals surface area (Å²) in [6.07, 6.45) is -3.77. The van der Waals surface area contributed by atoms with Gasteiger partial charge in [-0.3, -0.25) is 14.2 Å². The van der Waals surface area contributed by atoms with Gasteiger partial charge in [-0.05, 0) is 73.7 Å². The van der Waals surface area contributed by atoms with E-state index in [9.17, 15) is 36.0 Å². The van der Waals surface area contributed by atoms with Crippen LogP contribution in [0.4, 0.5) is 13.2 Å². The van der Waals surface area contributed by atoms with Crippen LogP contribution < -0.4 is 21.9 Å². The fraction of sp³-hybridized carbons (Fsp3) is 0.444. The van der Waals surface area contributed by atoms with E-state index in [4.69, 9.17) is 23.2 Å². The highest BCUT2D eigenvalue weighted by Gasteiger charge is 2.38. The van der Waals surface area contributed by atoms with Crippen LogP contribution in [0.15, 0.2) is 38.8 Å². The molecule has 1 aliphatic heterocycles. The van der Waals surface area contributed by atoms with Gasteiger partial charge in [0.15, 0.2) is 9.84 Å². The van der Waals surface area contributed by atoms with Gasteiger partial charge in [-0.25, -0.2) is 13.2 Å². The maximum absolute atomic E-state index is 14.4. The third-order valence-corrected chi connectivity index (χ3v) is 9.89. The number of nitrogens with zero attached hydrogens (tertiary/aromatic N) is 1. The molecule has 9 nitrogen and oxygen atoms in total. The Balaban J connectivity index is 1.89.